The van der Waals surface area contributed by atoms with Crippen LogP contribution in [-0.4, -0.2) is 49.7 Å². The van der Waals surface area contributed by atoms with Gasteiger partial charge < -0.3 is 15.4 Å². The Kier molecular flexibility index (Phi) is 7.12. The smallest absolute Gasteiger partial charge is 0.239 e. The normalized spacial score (nSPS) is 18.9. The van der Waals surface area contributed by atoms with E-state index in [1.165, 1.54) is 6.42 Å². The minimum Gasteiger partial charge on any atom is -0.383 e. The summed E-state index contributed by atoms with van der Waals surface area (Å²) in [6.07, 6.45) is 1.17. The molecule has 1 atom stereocenters. The topological polar surface area (TPSA) is 62.7 Å². The van der Waals surface area contributed by atoms with E-state index in [4.69, 9.17) is 4.74 Å². The predicted molar refractivity (Wildman–Crippen MR) is 76.0 cm³/mol. The highest BCUT2D eigenvalue weighted by molar-refractivity contribution is 8.14. The third-order valence-corrected chi connectivity index (χ3v) is 3.65. The van der Waals surface area contributed by atoms with Gasteiger partial charge in [-0.05, 0) is 12.3 Å². The zero-order valence-corrected chi connectivity index (χ0v) is 12.2. The Labute approximate surface area is 113 Å². The summed E-state index contributed by atoms with van der Waals surface area (Å²) in [4.78, 5) is 15.8. The van der Waals surface area contributed by atoms with Crippen LogP contribution < -0.4 is 10.6 Å². The number of ether oxygens (including phenoxy) is 1. The van der Waals surface area contributed by atoms with E-state index in [0.29, 0.717) is 24.3 Å². The van der Waals surface area contributed by atoms with Gasteiger partial charge in [0.1, 0.15) is 0 Å². The summed E-state index contributed by atoms with van der Waals surface area (Å²) in [6.45, 7) is 6.66. The summed E-state index contributed by atoms with van der Waals surface area (Å²) < 4.78 is 4.86. The van der Waals surface area contributed by atoms with Crippen LogP contribution in [0.4, 0.5) is 0 Å². The molecule has 0 saturated heterocycles. The van der Waals surface area contributed by atoms with E-state index >= 15 is 0 Å². The van der Waals surface area contributed by atoms with E-state index in [2.05, 4.69) is 29.5 Å². The van der Waals surface area contributed by atoms with Gasteiger partial charge in [-0.25, -0.2) is 0 Å². The predicted octanol–water partition coefficient (Wildman–Crippen LogP) is 0.856. The molecule has 5 nitrogen and oxygen atoms in total. The van der Waals surface area contributed by atoms with Gasteiger partial charge >= 0.3 is 0 Å². The highest BCUT2D eigenvalue weighted by atomic mass is 32.2. The Hall–Kier alpha value is -0.750. The number of thioether (sulfide) groups is 1. The number of rotatable bonds is 7. The molecule has 1 amide bonds. The number of hydrogen-bond donors (Lipinski definition) is 2. The maximum Gasteiger partial charge on any atom is 0.239 e. The molecule has 0 aromatic carbocycles. The minimum atomic E-state index is -0.0253. The van der Waals surface area contributed by atoms with Gasteiger partial charge in [-0.1, -0.05) is 25.6 Å². The molecule has 1 aliphatic heterocycles. The SMILES string of the molecule is COCCNC(=O)CNC1=NCC(CC(C)C)S1. The van der Waals surface area contributed by atoms with E-state index in [1.807, 2.05) is 0 Å². The van der Waals surface area contributed by atoms with Crippen LogP contribution >= 0.6 is 11.8 Å². The lowest BCUT2D eigenvalue weighted by atomic mass is 10.1. The molecule has 0 spiro atoms. The summed E-state index contributed by atoms with van der Waals surface area (Å²) in [5.74, 6) is 0.664. The highest BCUT2D eigenvalue weighted by Crippen LogP contribution is 2.25. The van der Waals surface area contributed by atoms with Crippen molar-refractivity contribution in [3.63, 3.8) is 0 Å². The lowest BCUT2D eigenvalue weighted by molar-refractivity contribution is -0.120. The molecule has 0 bridgehead atoms. The number of amides is 1. The molecule has 1 rings (SSSR count). The van der Waals surface area contributed by atoms with E-state index in [1.54, 1.807) is 18.9 Å². The van der Waals surface area contributed by atoms with Crippen LogP contribution in [-0.2, 0) is 9.53 Å². The van der Waals surface area contributed by atoms with Crippen molar-refractivity contribution in [3.8, 4) is 0 Å². The first kappa shape index (κ1) is 15.3. The number of aliphatic imine (C=N–C) groups is 1. The molecule has 0 aromatic heterocycles. The molecule has 1 aliphatic rings. The van der Waals surface area contributed by atoms with Crippen LogP contribution in [0.25, 0.3) is 0 Å². The number of methoxy groups -OCH3 is 1. The van der Waals surface area contributed by atoms with Gasteiger partial charge in [-0.15, -0.1) is 0 Å². The maximum absolute atomic E-state index is 11.4. The summed E-state index contributed by atoms with van der Waals surface area (Å²) in [5.41, 5.74) is 0. The van der Waals surface area contributed by atoms with Gasteiger partial charge in [0.05, 0.1) is 19.7 Å². The number of carbonyl (C=O) groups is 1. The molecule has 0 aromatic rings. The first-order valence-corrected chi connectivity index (χ1v) is 7.20. The Morgan fingerprint density at radius 3 is 3.06 bits per heavy atom. The van der Waals surface area contributed by atoms with Crippen molar-refractivity contribution >= 4 is 22.8 Å². The van der Waals surface area contributed by atoms with E-state index < -0.39 is 0 Å². The van der Waals surface area contributed by atoms with Crippen LogP contribution in [0.1, 0.15) is 20.3 Å². The number of amidine groups is 1. The molecule has 1 unspecified atom stereocenters. The van der Waals surface area contributed by atoms with Crippen molar-refractivity contribution in [2.45, 2.75) is 25.5 Å². The van der Waals surface area contributed by atoms with E-state index in [9.17, 15) is 4.79 Å². The van der Waals surface area contributed by atoms with Crippen molar-refractivity contribution in [1.82, 2.24) is 10.6 Å². The molecule has 2 N–H and O–H groups in total. The zero-order chi connectivity index (χ0) is 13.4. The largest absolute Gasteiger partial charge is 0.383 e. The zero-order valence-electron chi connectivity index (χ0n) is 11.4. The van der Waals surface area contributed by atoms with Crippen LogP contribution in [0.3, 0.4) is 0 Å². The third-order valence-electron chi connectivity index (χ3n) is 2.48. The van der Waals surface area contributed by atoms with Crippen LogP contribution in [0.2, 0.25) is 0 Å². The van der Waals surface area contributed by atoms with E-state index in [0.717, 1.165) is 11.7 Å². The lowest BCUT2D eigenvalue weighted by Crippen LogP contribution is -2.37. The third kappa shape index (κ3) is 6.26. The highest BCUT2D eigenvalue weighted by Gasteiger charge is 2.20. The summed E-state index contributed by atoms with van der Waals surface area (Å²) in [6, 6.07) is 0. The van der Waals surface area contributed by atoms with Crippen LogP contribution in [0.5, 0.6) is 0 Å². The first-order chi connectivity index (χ1) is 8.61. The summed E-state index contributed by atoms with van der Waals surface area (Å²) >= 11 is 1.74. The number of nitrogens with one attached hydrogen (secondary N) is 2. The molecular formula is C12H23N3O2S. The minimum absolute atomic E-state index is 0.0253. The van der Waals surface area contributed by atoms with E-state index in [-0.39, 0.29) is 12.5 Å². The van der Waals surface area contributed by atoms with Gasteiger partial charge in [-0.2, -0.15) is 0 Å². The maximum atomic E-state index is 11.4. The molecule has 6 heteroatoms. The first-order valence-electron chi connectivity index (χ1n) is 6.32. The molecule has 1 heterocycles. The summed E-state index contributed by atoms with van der Waals surface area (Å²) in [5, 5.41) is 7.28. The molecule has 0 radical (unpaired) electrons. The standard InChI is InChI=1S/C12H23N3O2S/c1-9(2)6-10-7-14-12(18-10)15-8-11(16)13-4-5-17-3/h9-10H,4-8H2,1-3H3,(H,13,16)(H,14,15). The van der Waals surface area contributed by atoms with Crippen molar-refractivity contribution < 1.29 is 9.53 Å². The average molecular weight is 273 g/mol. The second kappa shape index (κ2) is 8.37. The molecule has 0 saturated carbocycles. The van der Waals surface area contributed by atoms with Crippen LogP contribution in [0.15, 0.2) is 4.99 Å². The van der Waals surface area contributed by atoms with Crippen LogP contribution in [0, 0.1) is 5.92 Å². The van der Waals surface area contributed by atoms with Gasteiger partial charge in [0.2, 0.25) is 5.91 Å². The fourth-order valence-electron chi connectivity index (χ4n) is 1.67. The molecule has 0 fully saturated rings. The summed E-state index contributed by atoms with van der Waals surface area (Å²) in [7, 11) is 1.61. The van der Waals surface area contributed by atoms with Gasteiger partial charge in [-0.3, -0.25) is 9.79 Å². The fourth-order valence-corrected chi connectivity index (χ4v) is 2.92. The van der Waals surface area contributed by atoms with Gasteiger partial charge in [0.25, 0.3) is 0 Å². The number of hydrogen-bond acceptors (Lipinski definition) is 5. The Morgan fingerprint density at radius 2 is 2.39 bits per heavy atom. The quantitative estimate of drug-likeness (QED) is 0.675. The molecule has 18 heavy (non-hydrogen) atoms. The Morgan fingerprint density at radius 1 is 1.61 bits per heavy atom. The molecule has 104 valence electrons. The fraction of sp³-hybridized carbons (Fsp3) is 0.833. The van der Waals surface area contributed by atoms with Crippen molar-refractivity contribution in [2.75, 3.05) is 33.4 Å². The molecule has 0 aliphatic carbocycles. The Bertz CT molecular complexity index is 295. The second-order valence-electron chi connectivity index (χ2n) is 4.71. The Balaban J connectivity index is 2.11. The monoisotopic (exact) mass is 273 g/mol. The second-order valence-corrected chi connectivity index (χ2v) is 6.00. The van der Waals surface area contributed by atoms with Crippen molar-refractivity contribution in [2.24, 2.45) is 10.9 Å². The molecular weight excluding hydrogens is 250 g/mol. The van der Waals surface area contributed by atoms with Gasteiger partial charge in [0, 0.05) is 18.9 Å². The van der Waals surface area contributed by atoms with Gasteiger partial charge in [0.15, 0.2) is 5.17 Å². The lowest BCUT2D eigenvalue weighted by Gasteiger charge is -2.11. The number of carbonyl (C=O) groups excluding carboxylic acids is 1. The average Bonchev–Trinajstić information content (AvgIpc) is 2.73. The van der Waals surface area contributed by atoms with Crippen molar-refractivity contribution in [1.29, 1.82) is 0 Å². The van der Waals surface area contributed by atoms with Crippen molar-refractivity contribution in [3.05, 3.63) is 0 Å². The number of nitrogens with zero attached hydrogens (tertiary/aromatic N) is 1.